The van der Waals surface area contributed by atoms with Gasteiger partial charge in [0.2, 0.25) is 0 Å². The zero-order valence-electron chi connectivity index (χ0n) is 46.7. The lowest BCUT2D eigenvalue weighted by Gasteiger charge is -2.56. The first-order valence-corrected chi connectivity index (χ1v) is 27.7. The molecule has 5 aliphatic rings. The molecule has 3 nitrogen and oxygen atoms in total. The minimum atomic E-state index is -0.0872. The first-order chi connectivity index (χ1) is 34.4. The molecule has 0 amide bonds. The van der Waals surface area contributed by atoms with Gasteiger partial charge >= 0.3 is 0 Å². The highest BCUT2D eigenvalue weighted by Crippen LogP contribution is 2.66. The van der Waals surface area contributed by atoms with Crippen molar-refractivity contribution in [1.82, 2.24) is 0 Å². The maximum atomic E-state index is 2.78. The highest BCUT2D eigenvalue weighted by atomic mass is 15.3. The molecule has 3 atom stereocenters. The van der Waals surface area contributed by atoms with E-state index in [0.29, 0.717) is 11.8 Å². The molecule has 7 aromatic rings. The highest BCUT2D eigenvalue weighted by Gasteiger charge is 2.63. The van der Waals surface area contributed by atoms with Crippen molar-refractivity contribution < 1.29 is 0 Å². The highest BCUT2D eigenvalue weighted by molar-refractivity contribution is 7.00. The van der Waals surface area contributed by atoms with Crippen LogP contribution in [0.3, 0.4) is 0 Å². The van der Waals surface area contributed by atoms with Crippen molar-refractivity contribution in [2.45, 2.75) is 168 Å². The van der Waals surface area contributed by atoms with E-state index >= 15 is 0 Å². The summed E-state index contributed by atoms with van der Waals surface area (Å²) in [7, 11) is 0. The quantitative estimate of drug-likeness (QED) is 0.159. The Hall–Kier alpha value is -6.00. The minimum absolute atomic E-state index is 0.00124. The summed E-state index contributed by atoms with van der Waals surface area (Å²) in [4.78, 5) is 8.22. The number of anilines is 8. The lowest BCUT2D eigenvalue weighted by Crippen LogP contribution is -2.62. The van der Waals surface area contributed by atoms with Gasteiger partial charge in [-0.1, -0.05) is 182 Å². The normalized spacial score (nSPS) is 21.5. The number of para-hydroxylation sites is 1. The van der Waals surface area contributed by atoms with E-state index in [1.54, 1.807) is 0 Å². The first-order valence-electron chi connectivity index (χ1n) is 27.7. The fourth-order valence-electron chi connectivity index (χ4n) is 14.2. The van der Waals surface area contributed by atoms with Crippen LogP contribution in [-0.4, -0.2) is 12.3 Å². The van der Waals surface area contributed by atoms with Crippen LogP contribution in [-0.2, 0) is 27.1 Å². The third-order valence-electron chi connectivity index (χ3n) is 19.1. The first kappa shape index (κ1) is 48.0. The maximum Gasteiger partial charge on any atom is 0.252 e. The van der Waals surface area contributed by atoms with E-state index in [4.69, 9.17) is 0 Å². The lowest BCUT2D eigenvalue weighted by molar-refractivity contribution is 0.133. The number of nitrogens with zero attached hydrogens (tertiary/aromatic N) is 3. The van der Waals surface area contributed by atoms with Crippen molar-refractivity contribution in [3.05, 3.63) is 173 Å². The summed E-state index contributed by atoms with van der Waals surface area (Å²) in [5, 5.41) is 0. The third kappa shape index (κ3) is 7.11. The molecule has 7 aromatic carbocycles. The largest absolute Gasteiger partial charge is 0.334 e. The van der Waals surface area contributed by atoms with E-state index in [0.717, 1.165) is 6.42 Å². The second-order valence-corrected chi connectivity index (χ2v) is 27.4. The van der Waals surface area contributed by atoms with Crippen LogP contribution in [0.15, 0.2) is 140 Å². The maximum absolute atomic E-state index is 2.78. The molecular weight excluding hydrogens is 882 g/mol. The lowest BCUT2D eigenvalue weighted by atomic mass is 9.33. The van der Waals surface area contributed by atoms with E-state index in [1.165, 1.54) is 126 Å². The summed E-state index contributed by atoms with van der Waals surface area (Å²) in [5.74, 6) is 1.00. The molecule has 0 N–H and O–H groups in total. The molecule has 1 fully saturated rings. The number of hydrogen-bond acceptors (Lipinski definition) is 3. The van der Waals surface area contributed by atoms with Crippen LogP contribution < -0.4 is 31.1 Å². The zero-order valence-corrected chi connectivity index (χ0v) is 46.7. The predicted octanol–water partition coefficient (Wildman–Crippen LogP) is 17.1. The molecule has 3 heterocycles. The van der Waals surface area contributed by atoms with Gasteiger partial charge in [0.1, 0.15) is 0 Å². The van der Waals surface area contributed by atoms with Gasteiger partial charge in [-0.3, -0.25) is 0 Å². The summed E-state index contributed by atoms with van der Waals surface area (Å²) in [6.07, 6.45) is 4.71. The Kier molecular flexibility index (Phi) is 10.5. The van der Waals surface area contributed by atoms with Crippen molar-refractivity contribution in [1.29, 1.82) is 0 Å². The molecule has 0 saturated heterocycles. The van der Waals surface area contributed by atoms with Crippen LogP contribution in [0.5, 0.6) is 0 Å². The van der Waals surface area contributed by atoms with Crippen molar-refractivity contribution in [2.75, 3.05) is 14.7 Å². The molecule has 73 heavy (non-hydrogen) atoms. The predicted molar refractivity (Wildman–Crippen MR) is 315 cm³/mol. The van der Waals surface area contributed by atoms with E-state index in [1.807, 2.05) is 0 Å². The average Bonchev–Trinajstić information content (AvgIpc) is 3.47. The molecule has 1 saturated carbocycles. The molecule has 0 radical (unpaired) electrons. The summed E-state index contributed by atoms with van der Waals surface area (Å²) in [6, 6.07) is 55.7. The van der Waals surface area contributed by atoms with Gasteiger partial charge in [0.25, 0.3) is 6.71 Å². The Bertz CT molecular complexity index is 3380. The summed E-state index contributed by atoms with van der Waals surface area (Å²) < 4.78 is 0. The fourth-order valence-corrected chi connectivity index (χ4v) is 14.2. The summed E-state index contributed by atoms with van der Waals surface area (Å²) in [5.41, 5.74) is 25.3. The monoisotopic (exact) mass is 960 g/mol. The van der Waals surface area contributed by atoms with Gasteiger partial charge in [-0.05, 0) is 176 Å². The van der Waals surface area contributed by atoms with Gasteiger partial charge in [-0.2, -0.15) is 0 Å². The second-order valence-electron chi connectivity index (χ2n) is 27.4. The van der Waals surface area contributed by atoms with Gasteiger partial charge in [0, 0.05) is 50.8 Å². The van der Waals surface area contributed by atoms with E-state index < -0.39 is 0 Å². The molecule has 4 heteroatoms. The SMILES string of the molecule is CC(C)C1CCC(C)(C)c2cc3c(cc21)N(c1ccc(C(C)(C)C)cc1-c1ccccc1)c1cc(N2c4ccccc4C4(C)CCC24C)cc2c1B3c1ccc(C(C)(C)C)cc1N2c1cccc(C(C)(C)C)c1. The smallest absolute Gasteiger partial charge is 0.252 e. The van der Waals surface area contributed by atoms with E-state index in [2.05, 4.69) is 258 Å². The molecule has 2 aliphatic carbocycles. The van der Waals surface area contributed by atoms with Gasteiger partial charge in [-0.25, -0.2) is 0 Å². The number of hydrogen-bond donors (Lipinski definition) is 0. The van der Waals surface area contributed by atoms with Gasteiger partial charge in [0.05, 0.1) is 11.2 Å². The molecule has 0 bridgehead atoms. The van der Waals surface area contributed by atoms with Crippen molar-refractivity contribution in [3.8, 4) is 11.1 Å². The average molecular weight is 960 g/mol. The molecule has 12 rings (SSSR count). The van der Waals surface area contributed by atoms with Crippen molar-refractivity contribution >= 4 is 68.6 Å². The van der Waals surface area contributed by atoms with Crippen LogP contribution >= 0.6 is 0 Å². The second kappa shape index (κ2) is 16.0. The van der Waals surface area contributed by atoms with Crippen molar-refractivity contribution in [3.63, 3.8) is 0 Å². The molecule has 372 valence electrons. The van der Waals surface area contributed by atoms with Gasteiger partial charge < -0.3 is 14.7 Å². The van der Waals surface area contributed by atoms with Crippen LogP contribution in [0.4, 0.5) is 45.5 Å². The minimum Gasteiger partial charge on any atom is -0.334 e. The van der Waals surface area contributed by atoms with Crippen LogP contribution in [0.25, 0.3) is 11.1 Å². The zero-order chi connectivity index (χ0) is 51.5. The Balaban J connectivity index is 1.26. The van der Waals surface area contributed by atoms with Crippen LogP contribution in [0.2, 0.25) is 0 Å². The Morgan fingerprint density at radius 1 is 0.493 bits per heavy atom. The Morgan fingerprint density at radius 2 is 1.12 bits per heavy atom. The van der Waals surface area contributed by atoms with Crippen LogP contribution in [0.1, 0.15) is 169 Å². The Morgan fingerprint density at radius 3 is 1.79 bits per heavy atom. The molecule has 3 aliphatic heterocycles. The number of fused-ring (bicyclic) bond motifs is 8. The van der Waals surface area contributed by atoms with Gasteiger partial charge in [0.15, 0.2) is 0 Å². The number of rotatable bonds is 5. The summed E-state index contributed by atoms with van der Waals surface area (Å²) in [6.45, 7) is 36.2. The molecule has 0 aromatic heterocycles. The van der Waals surface area contributed by atoms with Crippen LogP contribution in [0, 0.1) is 5.92 Å². The van der Waals surface area contributed by atoms with Gasteiger partial charge in [-0.15, -0.1) is 0 Å². The standard InChI is InChI=1S/C69H78BN3/c1-43(2)50-32-33-67(12,13)54-42-56-60(41-52(50)54)72(57-31-29-46(65(6,7)8)37-51(57)44-22-17-16-18-23-44)62-40-49(73-58-27-20-19-26-53(58)68(14)34-35-69(68,73)15)39-61-63(62)70(56)55-30-28-47(66(9,10)11)38-59(55)71(61)48-25-21-24-45(36-48)64(3,4)5/h16-31,36-43,50H,32-35H2,1-15H3. The third-order valence-corrected chi connectivity index (χ3v) is 19.1. The number of benzene rings is 7. The molecular formula is C69H78BN3. The van der Waals surface area contributed by atoms with E-state index in [9.17, 15) is 0 Å². The Labute approximate surface area is 439 Å². The fraction of sp³-hybridized carbons (Fsp3) is 0.391. The molecule has 0 spiro atoms. The van der Waals surface area contributed by atoms with E-state index in [-0.39, 0.29) is 39.3 Å². The summed E-state index contributed by atoms with van der Waals surface area (Å²) >= 11 is 0. The molecule has 3 unspecified atom stereocenters. The topological polar surface area (TPSA) is 9.72 Å². The van der Waals surface area contributed by atoms with Crippen molar-refractivity contribution in [2.24, 2.45) is 5.92 Å².